The Morgan fingerprint density at radius 3 is 1.20 bits per heavy atom. The number of aliphatic hydroxyl groups is 2. The van der Waals surface area contributed by atoms with Crippen LogP contribution >= 0.6 is 0 Å². The van der Waals surface area contributed by atoms with Crippen molar-refractivity contribution < 1.29 is 29.3 Å². The van der Waals surface area contributed by atoms with Crippen molar-refractivity contribution in [2.24, 2.45) is 0 Å². The minimum atomic E-state index is -2.64. The van der Waals surface area contributed by atoms with Crippen LogP contribution in [0.3, 0.4) is 0 Å². The summed E-state index contributed by atoms with van der Waals surface area (Å²) >= 11 is 0. The van der Waals surface area contributed by atoms with Gasteiger partial charge in [-0.15, -0.1) is 0 Å². The van der Waals surface area contributed by atoms with Gasteiger partial charge in [0.2, 0.25) is 0 Å². The number of unbranched alkanes of at least 4 members (excludes halogenated alkanes) is 16. The van der Waals surface area contributed by atoms with Crippen LogP contribution in [-0.4, -0.2) is 34.2 Å². The Balaban J connectivity index is 4.03. The fourth-order valence-electron chi connectivity index (χ4n) is 5.00. The summed E-state index contributed by atoms with van der Waals surface area (Å²) in [5, 5.41) is 21.0. The third-order valence-electron chi connectivity index (χ3n) is 7.99. The number of hydrogen-bond acceptors (Lipinski definition) is 6. The fraction of sp³-hybridized carbons (Fsp3) is 0.750. The van der Waals surface area contributed by atoms with Crippen LogP contribution in [0, 0.1) is 0 Å². The molecule has 0 saturated carbocycles. The molecule has 0 bridgehead atoms. The monoisotopic (exact) mass is 647 g/mol. The van der Waals surface area contributed by atoms with Crippen LogP contribution in [0.25, 0.3) is 0 Å². The van der Waals surface area contributed by atoms with Crippen molar-refractivity contribution in [1.29, 1.82) is 0 Å². The standard InChI is InChI=1S/C40H70O6/c1-4-7-9-11-13-15-17-19-21-23-25-27-29-31-33-35-38(42)45-40(44,37(41)6-3)46-39(43)36-34-32-30-28-26-24-22-20-18-16-14-12-10-8-5-2/h13-16,19-22,37,41,44H,4-12,17-18,23-36H2,1-3H3/b15-13-,16-14-,21-19-,22-20-. The second-order valence-electron chi connectivity index (χ2n) is 12.5. The minimum absolute atomic E-state index is 0.0739. The second-order valence-corrected chi connectivity index (χ2v) is 12.5. The molecule has 6 nitrogen and oxygen atoms in total. The molecule has 266 valence electrons. The smallest absolute Gasteiger partial charge is 0.396 e. The molecule has 2 N–H and O–H groups in total. The van der Waals surface area contributed by atoms with E-state index in [0.717, 1.165) is 77.0 Å². The largest absolute Gasteiger partial charge is 0.401 e. The quantitative estimate of drug-likeness (QED) is 0.0327. The van der Waals surface area contributed by atoms with Crippen LogP contribution in [0.1, 0.15) is 181 Å². The van der Waals surface area contributed by atoms with Gasteiger partial charge in [-0.1, -0.05) is 134 Å². The molecule has 0 saturated heterocycles. The van der Waals surface area contributed by atoms with Crippen LogP contribution in [-0.2, 0) is 19.1 Å². The van der Waals surface area contributed by atoms with Gasteiger partial charge in [-0.3, -0.25) is 9.59 Å². The highest BCUT2D eigenvalue weighted by Crippen LogP contribution is 2.21. The number of esters is 2. The lowest BCUT2D eigenvalue weighted by molar-refractivity contribution is -0.361. The van der Waals surface area contributed by atoms with E-state index < -0.39 is 24.0 Å². The normalized spacial score (nSPS) is 13.1. The Morgan fingerprint density at radius 1 is 0.522 bits per heavy atom. The van der Waals surface area contributed by atoms with Gasteiger partial charge in [0.15, 0.2) is 6.10 Å². The first-order valence-corrected chi connectivity index (χ1v) is 18.8. The topological polar surface area (TPSA) is 93.1 Å². The first kappa shape index (κ1) is 43.8. The molecule has 0 spiro atoms. The Kier molecular flexibility index (Phi) is 31.2. The zero-order valence-electron chi connectivity index (χ0n) is 29.9. The Bertz CT molecular complexity index is 768. The first-order chi connectivity index (χ1) is 22.4. The summed E-state index contributed by atoms with van der Waals surface area (Å²) in [4.78, 5) is 24.8. The molecule has 0 aromatic rings. The number of aliphatic hydroxyl groups excluding tert-OH is 1. The van der Waals surface area contributed by atoms with Gasteiger partial charge in [-0.2, -0.15) is 0 Å². The lowest BCUT2D eigenvalue weighted by Gasteiger charge is -2.30. The number of carbonyl (C=O) groups is 2. The van der Waals surface area contributed by atoms with Crippen LogP contribution in [0.4, 0.5) is 0 Å². The predicted molar refractivity (Wildman–Crippen MR) is 192 cm³/mol. The van der Waals surface area contributed by atoms with E-state index in [9.17, 15) is 19.8 Å². The van der Waals surface area contributed by atoms with Gasteiger partial charge in [0.1, 0.15) is 0 Å². The van der Waals surface area contributed by atoms with E-state index >= 15 is 0 Å². The Hall–Kier alpha value is -2.18. The molecule has 0 rings (SSSR count). The summed E-state index contributed by atoms with van der Waals surface area (Å²) in [5.41, 5.74) is 0. The molecule has 0 aliphatic carbocycles. The highest BCUT2D eigenvalue weighted by molar-refractivity contribution is 5.71. The maximum atomic E-state index is 12.4. The average molecular weight is 647 g/mol. The summed E-state index contributed by atoms with van der Waals surface area (Å²) in [5.74, 6) is -3.99. The average Bonchev–Trinajstić information content (AvgIpc) is 3.04. The molecule has 0 aliphatic rings. The van der Waals surface area contributed by atoms with Crippen molar-refractivity contribution in [3.05, 3.63) is 48.6 Å². The van der Waals surface area contributed by atoms with Crippen LogP contribution in [0.15, 0.2) is 48.6 Å². The molecule has 1 unspecified atom stereocenters. The third kappa shape index (κ3) is 28.1. The lowest BCUT2D eigenvalue weighted by Crippen LogP contribution is -2.50. The molecule has 0 aromatic carbocycles. The minimum Gasteiger partial charge on any atom is -0.396 e. The summed E-state index contributed by atoms with van der Waals surface area (Å²) in [6, 6.07) is 0. The van der Waals surface area contributed by atoms with E-state index in [2.05, 4.69) is 62.5 Å². The maximum Gasteiger partial charge on any atom is 0.401 e. The molecule has 1 atom stereocenters. The number of hydrogen-bond donors (Lipinski definition) is 2. The molecular weight excluding hydrogens is 576 g/mol. The second kappa shape index (κ2) is 32.7. The molecule has 0 amide bonds. The number of rotatable bonds is 32. The van der Waals surface area contributed by atoms with Crippen molar-refractivity contribution >= 4 is 11.9 Å². The Labute approximate surface area is 282 Å². The molecule has 0 fully saturated rings. The third-order valence-corrected chi connectivity index (χ3v) is 7.99. The van der Waals surface area contributed by atoms with Gasteiger partial charge in [-0.05, 0) is 83.5 Å². The van der Waals surface area contributed by atoms with Gasteiger partial charge in [0.05, 0.1) is 0 Å². The Morgan fingerprint density at radius 2 is 0.848 bits per heavy atom. The van der Waals surface area contributed by atoms with E-state index in [1.54, 1.807) is 6.92 Å². The van der Waals surface area contributed by atoms with E-state index in [0.29, 0.717) is 12.8 Å². The molecule has 0 radical (unpaired) electrons. The summed E-state index contributed by atoms with van der Waals surface area (Å²) in [6.07, 6.45) is 40.4. The first-order valence-electron chi connectivity index (χ1n) is 18.8. The molecule has 0 aliphatic heterocycles. The van der Waals surface area contributed by atoms with Crippen LogP contribution in [0.5, 0.6) is 0 Å². The van der Waals surface area contributed by atoms with Crippen LogP contribution in [0.2, 0.25) is 0 Å². The van der Waals surface area contributed by atoms with E-state index in [4.69, 9.17) is 9.47 Å². The van der Waals surface area contributed by atoms with E-state index in [-0.39, 0.29) is 19.3 Å². The zero-order chi connectivity index (χ0) is 34.0. The fourth-order valence-corrected chi connectivity index (χ4v) is 5.00. The van der Waals surface area contributed by atoms with E-state index in [1.165, 1.54) is 51.4 Å². The van der Waals surface area contributed by atoms with Crippen LogP contribution < -0.4 is 0 Å². The highest BCUT2D eigenvalue weighted by Gasteiger charge is 2.43. The highest BCUT2D eigenvalue weighted by atomic mass is 16.8. The number of carbonyl (C=O) groups excluding carboxylic acids is 2. The van der Waals surface area contributed by atoms with Crippen molar-refractivity contribution in [1.82, 2.24) is 0 Å². The van der Waals surface area contributed by atoms with Gasteiger partial charge >= 0.3 is 17.9 Å². The predicted octanol–water partition coefficient (Wildman–Crippen LogP) is 11.1. The van der Waals surface area contributed by atoms with Crippen molar-refractivity contribution in [3.63, 3.8) is 0 Å². The molecular formula is C40H70O6. The van der Waals surface area contributed by atoms with Gasteiger partial charge in [0.25, 0.3) is 0 Å². The zero-order valence-corrected chi connectivity index (χ0v) is 29.9. The van der Waals surface area contributed by atoms with E-state index in [1.807, 2.05) is 0 Å². The van der Waals surface area contributed by atoms with Crippen molar-refractivity contribution in [2.75, 3.05) is 0 Å². The van der Waals surface area contributed by atoms with Crippen molar-refractivity contribution in [2.45, 2.75) is 193 Å². The van der Waals surface area contributed by atoms with Gasteiger partial charge in [-0.25, -0.2) is 0 Å². The molecule has 0 aromatic heterocycles. The van der Waals surface area contributed by atoms with Crippen molar-refractivity contribution in [3.8, 4) is 0 Å². The SMILES string of the molecule is CCCCC/C=C\C/C=C\CCCCCCCC(=O)OC(O)(OC(=O)CCCCCCC/C=C\C/C=C\CCCCC)C(O)CC. The summed E-state index contributed by atoms with van der Waals surface area (Å²) in [7, 11) is 0. The van der Waals surface area contributed by atoms with Gasteiger partial charge < -0.3 is 19.7 Å². The lowest BCUT2D eigenvalue weighted by atomic mass is 10.1. The summed E-state index contributed by atoms with van der Waals surface area (Å²) in [6.45, 7) is 6.07. The molecule has 46 heavy (non-hydrogen) atoms. The van der Waals surface area contributed by atoms with Gasteiger partial charge in [0, 0.05) is 12.8 Å². The number of ether oxygens (including phenoxy) is 2. The molecule has 0 heterocycles. The summed E-state index contributed by atoms with van der Waals surface area (Å²) < 4.78 is 10.2. The maximum absolute atomic E-state index is 12.4. The number of allylic oxidation sites excluding steroid dienone is 8. The molecule has 6 heteroatoms.